The number of carbonyl (C=O) groups is 1. The summed E-state index contributed by atoms with van der Waals surface area (Å²) in [5.41, 5.74) is 1.39. The quantitative estimate of drug-likeness (QED) is 0.911. The zero-order chi connectivity index (χ0) is 14.7. The maximum absolute atomic E-state index is 11.5. The highest BCUT2D eigenvalue weighted by Gasteiger charge is 2.28. The van der Waals surface area contributed by atoms with Crippen LogP contribution in [0.1, 0.15) is 24.8 Å². The smallest absolute Gasteiger partial charge is 0.222 e. The van der Waals surface area contributed by atoms with Crippen molar-refractivity contribution >= 4 is 5.91 Å². The zero-order valence-electron chi connectivity index (χ0n) is 12.8. The topological polar surface area (TPSA) is 35.6 Å². The molecule has 1 amide bonds. The number of amides is 1. The normalized spacial score (nSPS) is 27.3. The predicted molar refractivity (Wildman–Crippen MR) is 83.9 cm³/mol. The van der Waals surface area contributed by atoms with Crippen molar-refractivity contribution in [2.24, 2.45) is 0 Å². The summed E-state index contributed by atoms with van der Waals surface area (Å²) in [4.78, 5) is 15.9. The molecule has 4 heteroatoms. The maximum Gasteiger partial charge on any atom is 0.222 e. The Morgan fingerprint density at radius 2 is 1.90 bits per heavy atom. The fourth-order valence-electron chi connectivity index (χ4n) is 3.44. The Labute approximate surface area is 127 Å². The molecule has 21 heavy (non-hydrogen) atoms. The maximum atomic E-state index is 11.5. The van der Waals surface area contributed by atoms with Gasteiger partial charge in [0.1, 0.15) is 0 Å². The van der Waals surface area contributed by atoms with E-state index in [0.29, 0.717) is 18.5 Å². The second kappa shape index (κ2) is 6.58. The number of carbonyl (C=O) groups excluding carboxylic acids is 1. The SMILES string of the molecule is CN1CC(NC2CCN(Cc3ccccc3)C2)CCC1=O. The highest BCUT2D eigenvalue weighted by atomic mass is 16.2. The Bertz CT molecular complexity index is 476. The number of benzene rings is 1. The fourth-order valence-corrected chi connectivity index (χ4v) is 3.44. The number of likely N-dealkylation sites (tertiary alicyclic amines) is 2. The number of rotatable bonds is 4. The lowest BCUT2D eigenvalue weighted by atomic mass is 10.0. The van der Waals surface area contributed by atoms with Gasteiger partial charge in [0.25, 0.3) is 0 Å². The van der Waals surface area contributed by atoms with E-state index in [1.54, 1.807) is 0 Å². The van der Waals surface area contributed by atoms with Gasteiger partial charge in [-0.3, -0.25) is 9.69 Å². The molecule has 0 radical (unpaired) electrons. The Morgan fingerprint density at radius 3 is 2.67 bits per heavy atom. The molecular weight excluding hydrogens is 262 g/mol. The van der Waals surface area contributed by atoms with E-state index in [1.807, 2.05) is 11.9 Å². The van der Waals surface area contributed by atoms with Crippen LogP contribution in [-0.2, 0) is 11.3 Å². The molecule has 1 aromatic rings. The van der Waals surface area contributed by atoms with Gasteiger partial charge in [-0.1, -0.05) is 30.3 Å². The van der Waals surface area contributed by atoms with Crippen LogP contribution < -0.4 is 5.32 Å². The molecule has 0 aliphatic carbocycles. The summed E-state index contributed by atoms with van der Waals surface area (Å²) in [5.74, 6) is 0.283. The molecule has 4 nitrogen and oxygen atoms in total. The number of nitrogens with one attached hydrogen (secondary N) is 1. The van der Waals surface area contributed by atoms with Gasteiger partial charge < -0.3 is 10.2 Å². The lowest BCUT2D eigenvalue weighted by Gasteiger charge is -2.32. The van der Waals surface area contributed by atoms with E-state index in [0.717, 1.165) is 32.6 Å². The molecule has 2 atom stereocenters. The highest BCUT2D eigenvalue weighted by Crippen LogP contribution is 2.16. The highest BCUT2D eigenvalue weighted by molar-refractivity contribution is 5.76. The zero-order valence-corrected chi connectivity index (χ0v) is 12.8. The van der Waals surface area contributed by atoms with Crippen LogP contribution in [0.4, 0.5) is 0 Å². The van der Waals surface area contributed by atoms with Crippen LogP contribution in [0.3, 0.4) is 0 Å². The van der Waals surface area contributed by atoms with Crippen molar-refractivity contribution < 1.29 is 4.79 Å². The lowest BCUT2D eigenvalue weighted by Crippen LogP contribution is -2.50. The molecule has 0 spiro atoms. The summed E-state index contributed by atoms with van der Waals surface area (Å²) in [6.45, 7) is 4.17. The van der Waals surface area contributed by atoms with E-state index in [4.69, 9.17) is 0 Å². The molecule has 0 bridgehead atoms. The second-order valence-corrected chi connectivity index (χ2v) is 6.38. The minimum absolute atomic E-state index is 0.283. The van der Waals surface area contributed by atoms with Gasteiger partial charge in [0, 0.05) is 51.7 Å². The van der Waals surface area contributed by atoms with Crippen molar-refractivity contribution in [2.45, 2.75) is 37.9 Å². The average Bonchev–Trinajstić information content (AvgIpc) is 2.91. The molecular formula is C17H25N3O. The van der Waals surface area contributed by atoms with Gasteiger partial charge in [-0.2, -0.15) is 0 Å². The third-order valence-electron chi connectivity index (χ3n) is 4.62. The van der Waals surface area contributed by atoms with Gasteiger partial charge >= 0.3 is 0 Å². The molecule has 2 aliphatic rings. The van der Waals surface area contributed by atoms with E-state index in [-0.39, 0.29) is 5.91 Å². The molecule has 3 rings (SSSR count). The Kier molecular flexibility index (Phi) is 4.56. The first kappa shape index (κ1) is 14.5. The molecule has 2 fully saturated rings. The summed E-state index contributed by atoms with van der Waals surface area (Å²) in [6, 6.07) is 11.7. The second-order valence-electron chi connectivity index (χ2n) is 6.38. The average molecular weight is 287 g/mol. The molecule has 1 aromatic carbocycles. The first-order chi connectivity index (χ1) is 10.2. The number of nitrogens with zero attached hydrogens (tertiary/aromatic N) is 2. The molecule has 2 saturated heterocycles. The Morgan fingerprint density at radius 1 is 1.14 bits per heavy atom. The van der Waals surface area contributed by atoms with Crippen LogP contribution in [0.2, 0.25) is 0 Å². The largest absolute Gasteiger partial charge is 0.344 e. The summed E-state index contributed by atoms with van der Waals surface area (Å²) in [6.07, 6.45) is 2.88. The third kappa shape index (κ3) is 3.83. The van der Waals surface area contributed by atoms with Crippen molar-refractivity contribution in [1.82, 2.24) is 15.1 Å². The molecule has 2 heterocycles. The third-order valence-corrected chi connectivity index (χ3v) is 4.62. The van der Waals surface area contributed by atoms with Gasteiger partial charge in [-0.25, -0.2) is 0 Å². The number of piperidine rings is 1. The van der Waals surface area contributed by atoms with E-state index in [1.165, 1.54) is 12.0 Å². The van der Waals surface area contributed by atoms with Crippen LogP contribution in [0.15, 0.2) is 30.3 Å². The minimum atomic E-state index is 0.283. The van der Waals surface area contributed by atoms with E-state index < -0.39 is 0 Å². The standard InChI is InChI=1S/C17H25N3O/c1-19-12-15(7-8-17(19)21)18-16-9-10-20(13-16)11-14-5-3-2-4-6-14/h2-6,15-16,18H,7-13H2,1H3. The van der Waals surface area contributed by atoms with Crippen LogP contribution in [0.25, 0.3) is 0 Å². The monoisotopic (exact) mass is 287 g/mol. The van der Waals surface area contributed by atoms with Gasteiger partial charge in [-0.15, -0.1) is 0 Å². The minimum Gasteiger partial charge on any atom is -0.344 e. The molecule has 114 valence electrons. The molecule has 1 N–H and O–H groups in total. The van der Waals surface area contributed by atoms with Crippen molar-refractivity contribution in [3.05, 3.63) is 35.9 Å². The Hall–Kier alpha value is -1.39. The first-order valence-corrected chi connectivity index (χ1v) is 7.97. The van der Waals surface area contributed by atoms with Crippen LogP contribution >= 0.6 is 0 Å². The van der Waals surface area contributed by atoms with E-state index >= 15 is 0 Å². The fraction of sp³-hybridized carbons (Fsp3) is 0.588. The van der Waals surface area contributed by atoms with Gasteiger partial charge in [-0.05, 0) is 18.4 Å². The van der Waals surface area contributed by atoms with Crippen molar-refractivity contribution in [2.75, 3.05) is 26.7 Å². The lowest BCUT2D eigenvalue weighted by molar-refractivity contribution is -0.132. The molecule has 2 unspecified atom stereocenters. The molecule has 0 saturated carbocycles. The summed E-state index contributed by atoms with van der Waals surface area (Å²) in [7, 11) is 1.91. The van der Waals surface area contributed by atoms with Crippen molar-refractivity contribution in [3.8, 4) is 0 Å². The Balaban J connectivity index is 1.45. The molecule has 0 aromatic heterocycles. The summed E-state index contributed by atoms with van der Waals surface area (Å²) in [5, 5.41) is 3.75. The van der Waals surface area contributed by atoms with Crippen molar-refractivity contribution in [3.63, 3.8) is 0 Å². The summed E-state index contributed by atoms with van der Waals surface area (Å²) < 4.78 is 0. The number of hydrogen-bond donors (Lipinski definition) is 1. The van der Waals surface area contributed by atoms with Gasteiger partial charge in [0.05, 0.1) is 0 Å². The van der Waals surface area contributed by atoms with Crippen LogP contribution in [0, 0.1) is 0 Å². The van der Waals surface area contributed by atoms with E-state index in [9.17, 15) is 4.79 Å². The van der Waals surface area contributed by atoms with Crippen LogP contribution in [-0.4, -0.2) is 54.5 Å². The van der Waals surface area contributed by atoms with Gasteiger partial charge in [0.2, 0.25) is 5.91 Å². The molecule has 2 aliphatic heterocycles. The summed E-state index contributed by atoms with van der Waals surface area (Å²) >= 11 is 0. The number of hydrogen-bond acceptors (Lipinski definition) is 3. The van der Waals surface area contributed by atoms with Crippen molar-refractivity contribution in [1.29, 1.82) is 0 Å². The van der Waals surface area contributed by atoms with Gasteiger partial charge in [0.15, 0.2) is 0 Å². The number of likely N-dealkylation sites (N-methyl/N-ethyl adjacent to an activating group) is 1. The first-order valence-electron chi connectivity index (χ1n) is 7.97. The van der Waals surface area contributed by atoms with E-state index in [2.05, 4.69) is 40.5 Å². The van der Waals surface area contributed by atoms with Crippen LogP contribution in [0.5, 0.6) is 0 Å². The predicted octanol–water partition coefficient (Wildman–Crippen LogP) is 1.47.